The van der Waals surface area contributed by atoms with Gasteiger partial charge in [0.25, 0.3) is 11.1 Å². The minimum Gasteiger partial charge on any atom is -0.484 e. The van der Waals surface area contributed by atoms with Crippen LogP contribution in [-0.2, 0) is 23.7 Å². The number of rotatable bonds is 19. The standard InChI is InChI=1S/C41H38F6N8O7S2/c1-51-19-14-29-33(51)49-38(54(35(29)57)25-6-10-27(11-7-25)61-23-40(42,43)44)63-21-3-5-32(56)53(18-4-17-48)31(37(59)60)16-22-64-39-50-34-30(15-20-52(34)2)36(58)55(39)26-8-12-28(13-9-26)62-24-41(45,46)47/h6-15,19-20,31H,3-5,16,18,21-24H2,1-2H3,(H,59,60). The van der Waals surface area contributed by atoms with Crippen LogP contribution in [0.1, 0.15) is 25.7 Å². The molecule has 0 bridgehead atoms. The zero-order chi connectivity index (χ0) is 46.3. The molecule has 6 aromatic rings. The maximum Gasteiger partial charge on any atom is 0.422 e. The van der Waals surface area contributed by atoms with Gasteiger partial charge in [-0.2, -0.15) is 31.6 Å². The third-order valence-electron chi connectivity index (χ3n) is 9.56. The van der Waals surface area contributed by atoms with Crippen LogP contribution in [0.4, 0.5) is 26.3 Å². The van der Waals surface area contributed by atoms with Crippen molar-refractivity contribution in [2.24, 2.45) is 14.1 Å². The Hall–Kier alpha value is -6.41. The summed E-state index contributed by atoms with van der Waals surface area (Å²) in [6.45, 7) is -3.20. The van der Waals surface area contributed by atoms with Gasteiger partial charge in [0, 0.05) is 51.0 Å². The molecule has 0 aliphatic rings. The number of aromatic nitrogens is 6. The molecule has 0 aliphatic heterocycles. The van der Waals surface area contributed by atoms with Crippen LogP contribution in [0, 0.1) is 11.3 Å². The van der Waals surface area contributed by atoms with E-state index >= 15 is 0 Å². The molecule has 1 unspecified atom stereocenters. The first-order chi connectivity index (χ1) is 30.3. The first-order valence-electron chi connectivity index (χ1n) is 19.3. The predicted octanol–water partition coefficient (Wildman–Crippen LogP) is 6.89. The number of nitriles is 1. The van der Waals surface area contributed by atoms with Crippen molar-refractivity contribution >= 4 is 57.5 Å². The van der Waals surface area contributed by atoms with Gasteiger partial charge in [-0.3, -0.25) is 23.5 Å². The first kappa shape index (κ1) is 47.1. The SMILES string of the molecule is Cn1ccc2c(=O)n(-c3ccc(OCC(F)(F)F)cc3)c(SCCCC(=O)N(CCC#N)C(CCSc3nc4c(ccn4C)c(=O)n3-c3ccc(OCC(F)(F)F)cc3)C(=O)O)nc21. The molecule has 23 heteroatoms. The Bertz CT molecular complexity index is 2800. The average Bonchev–Trinajstić information content (AvgIpc) is 3.81. The summed E-state index contributed by atoms with van der Waals surface area (Å²) in [6.07, 6.45) is -6.09. The third kappa shape index (κ3) is 11.4. The molecule has 15 nitrogen and oxygen atoms in total. The zero-order valence-electron chi connectivity index (χ0n) is 33.9. The number of amides is 1. The fourth-order valence-corrected chi connectivity index (χ4v) is 8.47. The first-order valence-corrected chi connectivity index (χ1v) is 21.2. The molecule has 6 rings (SSSR count). The van der Waals surface area contributed by atoms with E-state index in [1.807, 2.05) is 6.07 Å². The van der Waals surface area contributed by atoms with E-state index in [0.29, 0.717) is 17.0 Å². The Labute approximate surface area is 367 Å². The number of benzene rings is 2. The normalized spacial score (nSPS) is 12.4. The Balaban J connectivity index is 1.16. The second-order valence-corrected chi connectivity index (χ2v) is 16.3. The molecule has 0 radical (unpaired) electrons. The minimum atomic E-state index is -4.56. The summed E-state index contributed by atoms with van der Waals surface area (Å²) in [6, 6.07) is 14.4. The Morgan fingerprint density at radius 1 is 0.766 bits per heavy atom. The van der Waals surface area contributed by atoms with Gasteiger partial charge in [0.05, 0.1) is 34.6 Å². The molecule has 2 aromatic carbocycles. The summed E-state index contributed by atoms with van der Waals surface area (Å²) in [5.41, 5.74) is 0.328. The maximum atomic E-state index is 13.8. The average molecular weight is 933 g/mol. The van der Waals surface area contributed by atoms with Crippen molar-refractivity contribution in [2.45, 2.75) is 54.4 Å². The molecule has 4 aromatic heterocycles. The van der Waals surface area contributed by atoms with Crippen LogP contribution in [0.5, 0.6) is 11.5 Å². The van der Waals surface area contributed by atoms with Gasteiger partial charge >= 0.3 is 18.3 Å². The largest absolute Gasteiger partial charge is 0.484 e. The molecular weight excluding hydrogens is 895 g/mol. The van der Waals surface area contributed by atoms with Crippen molar-refractivity contribution in [1.29, 1.82) is 5.26 Å². The molecule has 4 heterocycles. The summed E-state index contributed by atoms with van der Waals surface area (Å²) in [5.74, 6) is -1.79. The maximum absolute atomic E-state index is 13.8. The van der Waals surface area contributed by atoms with Gasteiger partial charge in [0.2, 0.25) is 5.91 Å². The van der Waals surface area contributed by atoms with Gasteiger partial charge in [0.15, 0.2) is 23.5 Å². The third-order valence-corrected chi connectivity index (χ3v) is 11.6. The molecule has 0 aliphatic carbocycles. The Morgan fingerprint density at radius 3 is 1.64 bits per heavy atom. The number of fused-ring (bicyclic) bond motifs is 2. The number of carboxylic acids is 1. The Morgan fingerprint density at radius 2 is 1.22 bits per heavy atom. The van der Waals surface area contributed by atoms with Crippen LogP contribution >= 0.6 is 23.5 Å². The van der Waals surface area contributed by atoms with Crippen LogP contribution in [-0.4, -0.2) is 99.8 Å². The van der Waals surface area contributed by atoms with Crippen molar-refractivity contribution in [3.63, 3.8) is 0 Å². The highest BCUT2D eigenvalue weighted by Gasteiger charge is 2.31. The lowest BCUT2D eigenvalue weighted by atomic mass is 10.1. The predicted molar refractivity (Wildman–Crippen MR) is 224 cm³/mol. The summed E-state index contributed by atoms with van der Waals surface area (Å²) >= 11 is 2.16. The summed E-state index contributed by atoms with van der Waals surface area (Å²) in [4.78, 5) is 64.3. The lowest BCUT2D eigenvalue weighted by Crippen LogP contribution is -2.46. The van der Waals surface area contributed by atoms with E-state index in [1.165, 1.54) is 57.7 Å². The number of carbonyl (C=O) groups excluding carboxylic acids is 1. The summed E-state index contributed by atoms with van der Waals surface area (Å²) < 4.78 is 91.7. The lowest BCUT2D eigenvalue weighted by molar-refractivity contribution is -0.154. The molecule has 64 heavy (non-hydrogen) atoms. The molecule has 1 amide bonds. The minimum absolute atomic E-state index is 0.0264. The quantitative estimate of drug-likeness (QED) is 0.0385. The summed E-state index contributed by atoms with van der Waals surface area (Å²) in [5, 5.41) is 20.6. The van der Waals surface area contributed by atoms with Crippen LogP contribution in [0.2, 0.25) is 0 Å². The molecule has 0 spiro atoms. The zero-order valence-corrected chi connectivity index (χ0v) is 35.6. The lowest BCUT2D eigenvalue weighted by Gasteiger charge is -2.28. The van der Waals surface area contributed by atoms with E-state index in [0.717, 1.165) is 28.4 Å². The van der Waals surface area contributed by atoms with Gasteiger partial charge in [0.1, 0.15) is 28.8 Å². The molecule has 0 fully saturated rings. The highest BCUT2D eigenvalue weighted by Crippen LogP contribution is 2.28. The van der Waals surface area contributed by atoms with Crippen LogP contribution in [0.25, 0.3) is 33.4 Å². The highest BCUT2D eigenvalue weighted by molar-refractivity contribution is 7.99. The van der Waals surface area contributed by atoms with Crippen LogP contribution in [0.15, 0.2) is 93.0 Å². The number of ether oxygens (including phenoxy) is 2. The van der Waals surface area contributed by atoms with Gasteiger partial charge in [-0.15, -0.1) is 0 Å². The van der Waals surface area contributed by atoms with Gasteiger partial charge < -0.3 is 28.6 Å². The van der Waals surface area contributed by atoms with Crippen molar-refractivity contribution in [2.75, 3.05) is 31.3 Å². The number of carboxylic acid groups (broad SMARTS) is 1. The van der Waals surface area contributed by atoms with Crippen molar-refractivity contribution in [1.82, 2.24) is 33.1 Å². The number of aryl methyl sites for hydroxylation is 2. The van der Waals surface area contributed by atoms with Gasteiger partial charge in [-0.05, 0) is 73.5 Å². The van der Waals surface area contributed by atoms with Crippen LogP contribution < -0.4 is 20.6 Å². The number of halogens is 6. The topological polar surface area (TPSA) is 179 Å². The highest BCUT2D eigenvalue weighted by atomic mass is 32.2. The van der Waals surface area contributed by atoms with Gasteiger partial charge in [-0.1, -0.05) is 23.5 Å². The number of carbonyl (C=O) groups is 2. The van der Waals surface area contributed by atoms with Gasteiger partial charge in [-0.25, -0.2) is 14.8 Å². The number of aliphatic carboxylic acids is 1. The fraction of sp³-hybridized carbons (Fsp3) is 0.341. The second-order valence-electron chi connectivity index (χ2n) is 14.1. The van der Waals surface area contributed by atoms with Crippen molar-refractivity contribution in [3.05, 3.63) is 93.8 Å². The number of hydrogen-bond donors (Lipinski definition) is 1. The number of nitrogens with zero attached hydrogens (tertiary/aromatic N) is 8. The van der Waals surface area contributed by atoms with E-state index in [-0.39, 0.29) is 82.0 Å². The molecule has 1 N–H and O–H groups in total. The monoisotopic (exact) mass is 932 g/mol. The van der Waals surface area contributed by atoms with E-state index in [4.69, 9.17) is 9.47 Å². The smallest absolute Gasteiger partial charge is 0.422 e. The van der Waals surface area contributed by atoms with Crippen molar-refractivity contribution in [3.8, 4) is 28.9 Å². The number of thioether (sulfide) groups is 2. The number of hydrogen-bond acceptors (Lipinski definition) is 11. The van der Waals surface area contributed by atoms with E-state index in [1.54, 1.807) is 47.8 Å². The second kappa shape index (κ2) is 20.0. The fourth-order valence-electron chi connectivity index (χ4n) is 6.54. The molecule has 1 atom stereocenters. The summed E-state index contributed by atoms with van der Waals surface area (Å²) in [7, 11) is 3.38. The molecule has 338 valence electrons. The molecular formula is C41H38F6N8O7S2. The molecule has 0 saturated carbocycles. The van der Waals surface area contributed by atoms with E-state index in [2.05, 4.69) is 9.97 Å². The Kier molecular flexibility index (Phi) is 14.7. The van der Waals surface area contributed by atoms with E-state index < -0.39 is 54.6 Å². The van der Waals surface area contributed by atoms with E-state index in [9.17, 15) is 55.9 Å². The number of alkyl halides is 6. The van der Waals surface area contributed by atoms with Crippen LogP contribution in [0.3, 0.4) is 0 Å². The van der Waals surface area contributed by atoms with Crippen molar-refractivity contribution < 1.29 is 50.5 Å². The molecule has 0 saturated heterocycles.